The molecule has 0 radical (unpaired) electrons. The second kappa shape index (κ2) is 12.8. The summed E-state index contributed by atoms with van der Waals surface area (Å²) in [4.78, 5) is 12.4. The van der Waals surface area contributed by atoms with E-state index in [-0.39, 0.29) is 12.3 Å². The third kappa shape index (κ3) is 8.24. The van der Waals surface area contributed by atoms with Crippen LogP contribution in [-0.4, -0.2) is 40.4 Å². The molecule has 0 spiro atoms. The van der Waals surface area contributed by atoms with Gasteiger partial charge in [-0.05, 0) is 69.5 Å². The minimum atomic E-state index is -3.75. The lowest BCUT2D eigenvalue weighted by Crippen LogP contribution is -2.39. The van der Waals surface area contributed by atoms with E-state index < -0.39 is 22.5 Å². The number of carbonyl (C=O) groups excluding carboxylic acids is 1. The highest BCUT2D eigenvalue weighted by molar-refractivity contribution is 9.10. The average molecular weight is 650 g/mol. The average Bonchev–Trinajstić information content (AvgIpc) is 2.83. The summed E-state index contributed by atoms with van der Waals surface area (Å²) >= 11 is 21.4. The molecule has 1 N–H and O–H groups in total. The zero-order valence-electron chi connectivity index (χ0n) is 19.5. The van der Waals surface area contributed by atoms with E-state index in [9.17, 15) is 13.2 Å². The van der Waals surface area contributed by atoms with Crippen molar-refractivity contribution in [2.75, 3.05) is 24.2 Å². The first kappa shape index (κ1) is 29.1. The molecule has 0 heterocycles. The number of hydrazone groups is 1. The molecule has 3 rings (SSSR count). The number of anilines is 1. The van der Waals surface area contributed by atoms with Crippen molar-refractivity contribution in [3.8, 4) is 11.5 Å². The topological polar surface area (TPSA) is 97.3 Å². The van der Waals surface area contributed by atoms with Gasteiger partial charge in [0, 0.05) is 5.02 Å². The van der Waals surface area contributed by atoms with Gasteiger partial charge in [0.15, 0.2) is 11.5 Å². The molecule has 0 atom stereocenters. The smallest absolute Gasteiger partial charge is 0.260 e. The molecule has 0 fully saturated rings. The number of sulfonamides is 1. The number of hydrogen-bond donors (Lipinski definition) is 1. The Morgan fingerprint density at radius 1 is 1.11 bits per heavy atom. The van der Waals surface area contributed by atoms with Gasteiger partial charge in [-0.1, -0.05) is 46.9 Å². The van der Waals surface area contributed by atoms with Crippen molar-refractivity contribution in [2.24, 2.45) is 5.10 Å². The number of rotatable bonds is 10. The van der Waals surface area contributed by atoms with Crippen LogP contribution in [0.3, 0.4) is 0 Å². The van der Waals surface area contributed by atoms with Crippen LogP contribution < -0.4 is 19.2 Å². The van der Waals surface area contributed by atoms with Gasteiger partial charge in [-0.3, -0.25) is 9.10 Å². The van der Waals surface area contributed by atoms with Crippen LogP contribution >= 0.6 is 50.7 Å². The van der Waals surface area contributed by atoms with Crippen LogP contribution in [0, 0.1) is 0 Å². The number of ether oxygens (including phenoxy) is 2. The van der Waals surface area contributed by atoms with Crippen LogP contribution in [0.2, 0.25) is 15.1 Å². The van der Waals surface area contributed by atoms with Crippen LogP contribution in [0.15, 0.2) is 64.2 Å². The maximum absolute atomic E-state index is 12.4. The van der Waals surface area contributed by atoms with Crippen molar-refractivity contribution < 1.29 is 22.7 Å². The molecular formula is C24H21BrCl3N3O5S. The van der Waals surface area contributed by atoms with Gasteiger partial charge in [-0.25, -0.2) is 13.8 Å². The van der Waals surface area contributed by atoms with E-state index in [2.05, 4.69) is 26.5 Å². The minimum absolute atomic E-state index is 0.221. The Kier molecular flexibility index (Phi) is 10.1. The van der Waals surface area contributed by atoms with Crippen LogP contribution in [0.5, 0.6) is 11.5 Å². The third-order valence-electron chi connectivity index (χ3n) is 4.81. The molecule has 0 aliphatic rings. The molecule has 37 heavy (non-hydrogen) atoms. The predicted molar refractivity (Wildman–Crippen MR) is 151 cm³/mol. The quantitative estimate of drug-likeness (QED) is 0.218. The van der Waals surface area contributed by atoms with Crippen LogP contribution in [0.25, 0.3) is 0 Å². The fourth-order valence-electron chi connectivity index (χ4n) is 3.12. The van der Waals surface area contributed by atoms with Gasteiger partial charge >= 0.3 is 0 Å². The number of benzene rings is 3. The standard InChI is InChI=1S/C24H21BrCl3N3O5S/c1-35-22-10-16(8-19(25)24(22)36-14-15-6-7-20(27)21(28)9-15)12-29-30-23(32)13-31(37(2,33)34)18-5-3-4-17(26)11-18/h3-12H,13-14H2,1-2H3,(H,30,32)/b29-12-. The normalized spacial score (nSPS) is 11.4. The molecule has 13 heteroatoms. The summed E-state index contributed by atoms with van der Waals surface area (Å²) in [7, 11) is -2.25. The molecular weight excluding hydrogens is 629 g/mol. The number of hydrogen-bond acceptors (Lipinski definition) is 6. The van der Waals surface area contributed by atoms with Crippen molar-refractivity contribution in [3.63, 3.8) is 0 Å². The summed E-state index contributed by atoms with van der Waals surface area (Å²) in [6.45, 7) is -0.260. The molecule has 1 amide bonds. The number of nitrogens with one attached hydrogen (secondary N) is 1. The first-order valence-corrected chi connectivity index (χ1v) is 14.2. The zero-order chi connectivity index (χ0) is 27.2. The second-order valence-corrected chi connectivity index (χ2v) is 11.6. The van der Waals surface area contributed by atoms with Crippen molar-refractivity contribution in [3.05, 3.63) is 85.3 Å². The lowest BCUT2D eigenvalue weighted by molar-refractivity contribution is -0.119. The summed E-state index contributed by atoms with van der Waals surface area (Å²) in [5.74, 6) is 0.237. The van der Waals surface area contributed by atoms with Crippen molar-refractivity contribution in [1.29, 1.82) is 0 Å². The van der Waals surface area contributed by atoms with Crippen LogP contribution in [0.1, 0.15) is 11.1 Å². The fraction of sp³-hybridized carbons (Fsp3) is 0.167. The monoisotopic (exact) mass is 647 g/mol. The molecule has 0 bridgehead atoms. The zero-order valence-corrected chi connectivity index (χ0v) is 24.2. The van der Waals surface area contributed by atoms with E-state index in [1.54, 1.807) is 48.5 Å². The molecule has 0 aromatic heterocycles. The van der Waals surface area contributed by atoms with Gasteiger partial charge in [-0.15, -0.1) is 0 Å². The molecule has 3 aromatic carbocycles. The van der Waals surface area contributed by atoms with Gasteiger partial charge in [0.1, 0.15) is 13.2 Å². The summed E-state index contributed by atoms with van der Waals surface area (Å²) in [5.41, 5.74) is 3.99. The maximum atomic E-state index is 12.4. The van der Waals surface area contributed by atoms with Gasteiger partial charge in [0.05, 0.1) is 39.8 Å². The largest absolute Gasteiger partial charge is 0.493 e. The van der Waals surface area contributed by atoms with Gasteiger partial charge in [-0.2, -0.15) is 5.10 Å². The maximum Gasteiger partial charge on any atom is 0.260 e. The number of halogens is 4. The van der Waals surface area contributed by atoms with Crippen molar-refractivity contribution >= 4 is 78.6 Å². The van der Waals surface area contributed by atoms with E-state index in [1.165, 1.54) is 19.4 Å². The highest BCUT2D eigenvalue weighted by atomic mass is 79.9. The van der Waals surface area contributed by atoms with E-state index in [0.29, 0.717) is 36.6 Å². The highest BCUT2D eigenvalue weighted by Gasteiger charge is 2.21. The summed E-state index contributed by atoms with van der Waals surface area (Å²) in [6, 6.07) is 14.8. The summed E-state index contributed by atoms with van der Waals surface area (Å²) < 4.78 is 37.3. The number of nitrogens with zero attached hydrogens (tertiary/aromatic N) is 2. The van der Waals surface area contributed by atoms with E-state index in [4.69, 9.17) is 44.3 Å². The Morgan fingerprint density at radius 2 is 1.86 bits per heavy atom. The first-order valence-electron chi connectivity index (χ1n) is 10.5. The summed E-state index contributed by atoms with van der Waals surface area (Å²) in [5, 5.41) is 5.15. The molecule has 0 saturated heterocycles. The van der Waals surface area contributed by atoms with Crippen LogP contribution in [-0.2, 0) is 21.4 Å². The molecule has 196 valence electrons. The Labute approximate surface area is 238 Å². The number of carbonyl (C=O) groups is 1. The number of methoxy groups -OCH3 is 1. The Hall–Kier alpha value is -2.50. The lowest BCUT2D eigenvalue weighted by Gasteiger charge is -2.21. The van der Waals surface area contributed by atoms with E-state index in [1.807, 2.05) is 0 Å². The van der Waals surface area contributed by atoms with E-state index in [0.717, 1.165) is 16.1 Å². The van der Waals surface area contributed by atoms with Gasteiger partial charge in [0.2, 0.25) is 10.0 Å². The minimum Gasteiger partial charge on any atom is -0.493 e. The van der Waals surface area contributed by atoms with Crippen molar-refractivity contribution in [1.82, 2.24) is 5.43 Å². The fourth-order valence-corrected chi connectivity index (χ4v) is 5.04. The second-order valence-electron chi connectivity index (χ2n) is 7.61. The molecule has 0 aliphatic carbocycles. The number of amides is 1. The van der Waals surface area contributed by atoms with Crippen LogP contribution in [0.4, 0.5) is 5.69 Å². The Bertz CT molecular complexity index is 1440. The van der Waals surface area contributed by atoms with E-state index >= 15 is 0 Å². The molecule has 0 unspecified atom stereocenters. The molecule has 0 saturated carbocycles. The first-order chi connectivity index (χ1) is 17.5. The van der Waals surface area contributed by atoms with Gasteiger partial charge in [0.25, 0.3) is 5.91 Å². The lowest BCUT2D eigenvalue weighted by atomic mass is 10.2. The van der Waals surface area contributed by atoms with Crippen molar-refractivity contribution in [2.45, 2.75) is 6.61 Å². The summed E-state index contributed by atoms with van der Waals surface area (Å²) in [6.07, 6.45) is 2.39. The van der Waals surface area contributed by atoms with Gasteiger partial charge < -0.3 is 9.47 Å². The molecule has 8 nitrogen and oxygen atoms in total. The SMILES string of the molecule is COc1cc(/C=N\NC(=O)CN(c2cccc(Cl)c2)S(C)(=O)=O)cc(Br)c1OCc1ccc(Cl)c(Cl)c1. The highest BCUT2D eigenvalue weighted by Crippen LogP contribution is 2.37. The predicted octanol–water partition coefficient (Wildman–Crippen LogP) is 5.91. The molecule has 3 aromatic rings. The molecule has 0 aliphatic heterocycles. The third-order valence-corrected chi connectivity index (χ3v) is 7.51. The Balaban J connectivity index is 1.68. The Morgan fingerprint density at radius 3 is 2.51 bits per heavy atom.